The molecule has 5 heteroatoms. The molecular formula is C7H16FNO2S. The zero-order chi connectivity index (χ0) is 9.78. The van der Waals surface area contributed by atoms with Crippen LogP contribution in [0.1, 0.15) is 27.2 Å². The number of rotatable bonds is 5. The Kier molecular flexibility index (Phi) is 4.70. The fourth-order valence-corrected chi connectivity index (χ4v) is 2.11. The van der Waals surface area contributed by atoms with Crippen LogP contribution in [0.4, 0.5) is 4.39 Å². The minimum absolute atomic E-state index is 0.0596. The molecule has 0 amide bonds. The van der Waals surface area contributed by atoms with Crippen LogP contribution in [0.2, 0.25) is 0 Å². The zero-order valence-corrected chi connectivity index (χ0v) is 8.49. The van der Waals surface area contributed by atoms with Crippen molar-refractivity contribution >= 4 is 10.0 Å². The standard InChI is InChI=1S/C7H16FNO2S/c1-4-5-12(10,11)9-7(3)6(2)8/h6-7,9H,4-5H2,1-3H3/t6-,7?/m0/s1. The SMILES string of the molecule is CCCS(=O)(=O)NC(C)[C@H](C)F. The third-order valence-electron chi connectivity index (χ3n) is 1.53. The highest BCUT2D eigenvalue weighted by Gasteiger charge is 2.17. The van der Waals surface area contributed by atoms with Gasteiger partial charge in [-0.3, -0.25) is 0 Å². The molecule has 0 spiro atoms. The number of halogens is 1. The van der Waals surface area contributed by atoms with Crippen molar-refractivity contribution < 1.29 is 12.8 Å². The van der Waals surface area contributed by atoms with Crippen LogP contribution >= 0.6 is 0 Å². The molecule has 0 aromatic rings. The molecule has 0 radical (unpaired) electrons. The van der Waals surface area contributed by atoms with E-state index in [4.69, 9.17) is 0 Å². The van der Waals surface area contributed by atoms with Gasteiger partial charge < -0.3 is 0 Å². The average molecular weight is 197 g/mol. The van der Waals surface area contributed by atoms with Gasteiger partial charge in [-0.1, -0.05) is 6.92 Å². The van der Waals surface area contributed by atoms with Gasteiger partial charge >= 0.3 is 0 Å². The second-order valence-electron chi connectivity index (χ2n) is 2.90. The first-order valence-corrected chi connectivity index (χ1v) is 5.68. The van der Waals surface area contributed by atoms with Crippen LogP contribution in [0.15, 0.2) is 0 Å². The number of hydrogen-bond acceptors (Lipinski definition) is 2. The first kappa shape index (κ1) is 11.8. The van der Waals surface area contributed by atoms with Crippen molar-refractivity contribution in [3.63, 3.8) is 0 Å². The highest BCUT2D eigenvalue weighted by Crippen LogP contribution is 1.99. The van der Waals surface area contributed by atoms with E-state index in [0.29, 0.717) is 6.42 Å². The van der Waals surface area contributed by atoms with E-state index < -0.39 is 22.2 Å². The fourth-order valence-electron chi connectivity index (χ4n) is 0.705. The average Bonchev–Trinajstić information content (AvgIpc) is 1.85. The lowest BCUT2D eigenvalue weighted by Crippen LogP contribution is -2.39. The van der Waals surface area contributed by atoms with Gasteiger partial charge in [0.1, 0.15) is 6.17 Å². The van der Waals surface area contributed by atoms with Gasteiger partial charge in [0.05, 0.1) is 5.75 Å². The van der Waals surface area contributed by atoms with E-state index in [1.54, 1.807) is 6.92 Å². The van der Waals surface area contributed by atoms with Crippen molar-refractivity contribution in [3.05, 3.63) is 0 Å². The van der Waals surface area contributed by atoms with Gasteiger partial charge in [-0.15, -0.1) is 0 Å². The van der Waals surface area contributed by atoms with E-state index in [1.807, 2.05) is 0 Å². The van der Waals surface area contributed by atoms with Crippen molar-refractivity contribution in [2.45, 2.75) is 39.4 Å². The highest BCUT2D eigenvalue weighted by molar-refractivity contribution is 7.89. The Morgan fingerprint density at radius 3 is 2.25 bits per heavy atom. The van der Waals surface area contributed by atoms with Crippen LogP contribution in [0.5, 0.6) is 0 Å². The summed E-state index contributed by atoms with van der Waals surface area (Å²) in [5, 5.41) is 0. The normalized spacial score (nSPS) is 17.3. The first-order chi connectivity index (χ1) is 5.39. The molecule has 0 saturated heterocycles. The monoisotopic (exact) mass is 197 g/mol. The molecule has 74 valence electrons. The van der Waals surface area contributed by atoms with Gasteiger partial charge in [-0.05, 0) is 20.3 Å². The van der Waals surface area contributed by atoms with Crippen molar-refractivity contribution in [2.75, 3.05) is 5.75 Å². The minimum Gasteiger partial charge on any atom is -0.246 e. The van der Waals surface area contributed by atoms with Crippen LogP contribution in [0.25, 0.3) is 0 Å². The number of nitrogens with one attached hydrogen (secondary N) is 1. The van der Waals surface area contributed by atoms with Gasteiger partial charge in [-0.25, -0.2) is 17.5 Å². The Morgan fingerprint density at radius 2 is 1.92 bits per heavy atom. The van der Waals surface area contributed by atoms with Gasteiger partial charge in [0.2, 0.25) is 10.0 Å². The molecule has 2 atom stereocenters. The lowest BCUT2D eigenvalue weighted by atomic mass is 10.2. The molecule has 0 aliphatic heterocycles. The summed E-state index contributed by atoms with van der Waals surface area (Å²) in [6.45, 7) is 4.61. The summed E-state index contributed by atoms with van der Waals surface area (Å²) in [7, 11) is -3.27. The summed E-state index contributed by atoms with van der Waals surface area (Å²) < 4.78 is 36.9. The molecule has 12 heavy (non-hydrogen) atoms. The summed E-state index contributed by atoms with van der Waals surface area (Å²) in [6.07, 6.45) is -0.612. The van der Waals surface area contributed by atoms with Gasteiger partial charge in [0.25, 0.3) is 0 Å². The molecule has 0 aliphatic carbocycles. The maximum Gasteiger partial charge on any atom is 0.211 e. The van der Waals surface area contributed by atoms with E-state index in [1.165, 1.54) is 13.8 Å². The Morgan fingerprint density at radius 1 is 1.42 bits per heavy atom. The fraction of sp³-hybridized carbons (Fsp3) is 1.00. The largest absolute Gasteiger partial charge is 0.246 e. The molecule has 0 aromatic carbocycles. The maximum absolute atomic E-state index is 12.5. The third-order valence-corrected chi connectivity index (χ3v) is 3.20. The third kappa shape index (κ3) is 4.66. The van der Waals surface area contributed by atoms with Crippen LogP contribution in [-0.2, 0) is 10.0 Å². The summed E-state index contributed by atoms with van der Waals surface area (Å²) in [5.74, 6) is 0.0596. The van der Waals surface area contributed by atoms with E-state index in [0.717, 1.165) is 0 Å². The van der Waals surface area contributed by atoms with E-state index in [-0.39, 0.29) is 5.75 Å². The van der Waals surface area contributed by atoms with Crippen LogP contribution in [0.3, 0.4) is 0 Å². The predicted octanol–water partition coefficient (Wildman–Crippen LogP) is 1.06. The molecule has 0 fully saturated rings. The van der Waals surface area contributed by atoms with Crippen molar-refractivity contribution in [1.82, 2.24) is 4.72 Å². The molecule has 1 unspecified atom stereocenters. The van der Waals surface area contributed by atoms with Gasteiger partial charge in [0, 0.05) is 6.04 Å². The van der Waals surface area contributed by atoms with E-state index in [2.05, 4.69) is 4.72 Å². The second-order valence-corrected chi connectivity index (χ2v) is 4.78. The first-order valence-electron chi connectivity index (χ1n) is 4.03. The topological polar surface area (TPSA) is 46.2 Å². The zero-order valence-electron chi connectivity index (χ0n) is 7.67. The molecule has 3 nitrogen and oxygen atoms in total. The molecule has 0 rings (SSSR count). The smallest absolute Gasteiger partial charge is 0.211 e. The summed E-state index contributed by atoms with van der Waals surface area (Å²) in [6, 6.07) is -0.637. The molecule has 0 aliphatic rings. The highest BCUT2D eigenvalue weighted by atomic mass is 32.2. The van der Waals surface area contributed by atoms with Gasteiger partial charge in [-0.2, -0.15) is 0 Å². The minimum atomic E-state index is -3.27. The molecule has 0 saturated carbocycles. The van der Waals surface area contributed by atoms with E-state index in [9.17, 15) is 12.8 Å². The number of alkyl halides is 1. The van der Waals surface area contributed by atoms with Crippen molar-refractivity contribution in [1.29, 1.82) is 0 Å². The molecule has 1 N–H and O–H groups in total. The van der Waals surface area contributed by atoms with Crippen LogP contribution in [-0.4, -0.2) is 26.4 Å². The quantitative estimate of drug-likeness (QED) is 0.716. The lowest BCUT2D eigenvalue weighted by molar-refractivity contribution is 0.303. The summed E-state index contributed by atoms with van der Waals surface area (Å²) in [4.78, 5) is 0. The van der Waals surface area contributed by atoms with Crippen LogP contribution < -0.4 is 4.72 Å². The molecular weight excluding hydrogens is 181 g/mol. The Balaban J connectivity index is 4.07. The molecule has 0 heterocycles. The maximum atomic E-state index is 12.5. The van der Waals surface area contributed by atoms with Crippen molar-refractivity contribution in [3.8, 4) is 0 Å². The second kappa shape index (κ2) is 4.77. The number of sulfonamides is 1. The lowest BCUT2D eigenvalue weighted by Gasteiger charge is -2.14. The summed E-state index contributed by atoms with van der Waals surface area (Å²) in [5.41, 5.74) is 0. The van der Waals surface area contributed by atoms with Crippen LogP contribution in [0, 0.1) is 0 Å². The summed E-state index contributed by atoms with van der Waals surface area (Å²) >= 11 is 0. The molecule has 0 bridgehead atoms. The molecule has 0 aromatic heterocycles. The Labute approximate surface area is 73.4 Å². The van der Waals surface area contributed by atoms with E-state index >= 15 is 0 Å². The van der Waals surface area contributed by atoms with Gasteiger partial charge in [0.15, 0.2) is 0 Å². The Hall–Kier alpha value is -0.160. The predicted molar refractivity (Wildman–Crippen MR) is 47.2 cm³/mol. The number of hydrogen-bond donors (Lipinski definition) is 1. The Bertz CT molecular complexity index is 213. The van der Waals surface area contributed by atoms with Crippen molar-refractivity contribution in [2.24, 2.45) is 0 Å².